The van der Waals surface area contributed by atoms with Gasteiger partial charge >= 0.3 is 0 Å². The Hall–Kier alpha value is -2.92. The van der Waals surface area contributed by atoms with E-state index in [0.717, 1.165) is 19.4 Å². The molecule has 11 heteroatoms. The van der Waals surface area contributed by atoms with Crippen molar-refractivity contribution in [1.29, 1.82) is 0 Å². The monoisotopic (exact) mass is 591 g/mol. The molecule has 224 valence electrons. The molecule has 0 bridgehead atoms. The van der Waals surface area contributed by atoms with Crippen LogP contribution in [0, 0.1) is 5.82 Å². The summed E-state index contributed by atoms with van der Waals surface area (Å²) < 4.78 is 37.7. The Kier molecular flexibility index (Phi) is 10.8. The Bertz CT molecular complexity index is 1240. The zero-order valence-electron chi connectivity index (χ0n) is 24.1. The van der Waals surface area contributed by atoms with Gasteiger partial charge in [0.1, 0.15) is 12.4 Å². The summed E-state index contributed by atoms with van der Waals surface area (Å²) in [6.45, 7) is 6.97. The van der Waals surface area contributed by atoms with Gasteiger partial charge < -0.3 is 34.1 Å². The van der Waals surface area contributed by atoms with Crippen molar-refractivity contribution >= 4 is 29.1 Å². The first-order chi connectivity index (χ1) is 19.8. The molecule has 1 unspecified atom stereocenters. The average Bonchev–Trinajstić information content (AvgIpc) is 2.96. The molecule has 2 aromatic carbocycles. The molecule has 2 aliphatic heterocycles. The SMILES string of the molecule is COCCCOc1cc(C(=O)N(C(C)C)C2CCCNC2)c(Cl)cc1-c1cc(N2CCOCC2=O)cc(OC)c1F. The molecule has 2 heterocycles. The molecule has 0 saturated carbocycles. The number of nitrogens with one attached hydrogen (secondary N) is 1. The van der Waals surface area contributed by atoms with Crippen molar-refractivity contribution in [2.24, 2.45) is 0 Å². The second-order valence-electron chi connectivity index (χ2n) is 10.4. The number of methoxy groups -OCH3 is 2. The van der Waals surface area contributed by atoms with Crippen LogP contribution >= 0.6 is 11.6 Å². The molecule has 2 saturated heterocycles. The lowest BCUT2D eigenvalue weighted by molar-refractivity contribution is -0.125. The summed E-state index contributed by atoms with van der Waals surface area (Å²) in [6, 6.07) is 6.18. The highest BCUT2D eigenvalue weighted by Crippen LogP contribution is 2.42. The van der Waals surface area contributed by atoms with Crippen LogP contribution in [0.4, 0.5) is 10.1 Å². The number of benzene rings is 2. The van der Waals surface area contributed by atoms with Crippen LogP contribution in [0.25, 0.3) is 11.1 Å². The maximum atomic E-state index is 15.8. The normalized spacial score (nSPS) is 17.6. The van der Waals surface area contributed by atoms with Crippen LogP contribution in [0.1, 0.15) is 43.5 Å². The topological polar surface area (TPSA) is 89.6 Å². The number of hydrogen-bond acceptors (Lipinski definition) is 7. The second kappa shape index (κ2) is 14.3. The van der Waals surface area contributed by atoms with Gasteiger partial charge in [0.05, 0.1) is 30.9 Å². The Morgan fingerprint density at radius 1 is 1.20 bits per heavy atom. The Labute approximate surface area is 245 Å². The molecule has 4 rings (SSSR count). The lowest BCUT2D eigenvalue weighted by Gasteiger charge is -2.38. The fourth-order valence-corrected chi connectivity index (χ4v) is 5.58. The number of anilines is 1. The molecule has 9 nitrogen and oxygen atoms in total. The van der Waals surface area contributed by atoms with Crippen LogP contribution in [-0.4, -0.2) is 89.1 Å². The predicted molar refractivity (Wildman–Crippen MR) is 156 cm³/mol. The van der Waals surface area contributed by atoms with Gasteiger partial charge in [-0.05, 0) is 51.4 Å². The van der Waals surface area contributed by atoms with Crippen molar-refractivity contribution in [3.05, 3.63) is 40.7 Å². The van der Waals surface area contributed by atoms with Gasteiger partial charge in [0.2, 0.25) is 0 Å². The first-order valence-corrected chi connectivity index (χ1v) is 14.4. The molecule has 0 aliphatic carbocycles. The van der Waals surface area contributed by atoms with Gasteiger partial charge in [-0.1, -0.05) is 11.6 Å². The number of carbonyl (C=O) groups is 2. The van der Waals surface area contributed by atoms with Crippen molar-refractivity contribution in [2.75, 3.05) is 65.2 Å². The van der Waals surface area contributed by atoms with E-state index in [4.69, 9.17) is 30.5 Å². The van der Waals surface area contributed by atoms with Crippen LogP contribution in [0.2, 0.25) is 5.02 Å². The molecule has 0 radical (unpaired) electrons. The number of morpholine rings is 1. The van der Waals surface area contributed by atoms with E-state index in [2.05, 4.69) is 5.32 Å². The first kappa shape index (κ1) is 31.0. The minimum Gasteiger partial charge on any atom is -0.494 e. The molecule has 41 heavy (non-hydrogen) atoms. The van der Waals surface area contributed by atoms with E-state index in [1.807, 2.05) is 18.7 Å². The second-order valence-corrected chi connectivity index (χ2v) is 10.8. The molecule has 0 aromatic heterocycles. The number of amides is 2. The molecule has 2 amide bonds. The number of hydrogen-bond donors (Lipinski definition) is 1. The van der Waals surface area contributed by atoms with Crippen LogP contribution < -0.4 is 19.7 Å². The summed E-state index contributed by atoms with van der Waals surface area (Å²) in [7, 11) is 2.97. The van der Waals surface area contributed by atoms with Gasteiger partial charge in [-0.3, -0.25) is 9.59 Å². The number of rotatable bonds is 11. The Morgan fingerprint density at radius 2 is 2.00 bits per heavy atom. The van der Waals surface area contributed by atoms with Crippen LogP contribution in [0.5, 0.6) is 11.5 Å². The van der Waals surface area contributed by atoms with E-state index in [-0.39, 0.29) is 59.0 Å². The lowest BCUT2D eigenvalue weighted by atomic mass is 9.98. The van der Waals surface area contributed by atoms with Crippen molar-refractivity contribution < 1.29 is 32.9 Å². The van der Waals surface area contributed by atoms with Gasteiger partial charge in [0, 0.05) is 68.2 Å². The van der Waals surface area contributed by atoms with Crippen molar-refractivity contribution in [3.8, 4) is 22.6 Å². The summed E-state index contributed by atoms with van der Waals surface area (Å²) in [5.41, 5.74) is 1.23. The number of nitrogens with zero attached hydrogens (tertiary/aromatic N) is 2. The average molecular weight is 592 g/mol. The van der Waals surface area contributed by atoms with Crippen molar-refractivity contribution in [2.45, 2.75) is 45.2 Å². The molecule has 2 aliphatic rings. The van der Waals surface area contributed by atoms with E-state index >= 15 is 4.39 Å². The molecule has 1 N–H and O–H groups in total. The maximum Gasteiger partial charge on any atom is 0.256 e. The van der Waals surface area contributed by atoms with Crippen LogP contribution in [0.3, 0.4) is 0 Å². The standard InChI is InChI=1S/C30H39ClFN3O6/c1-19(2)35(20-7-5-8-33-17-20)30(37)24-16-26(41-11-6-10-38-3)22(15-25(24)31)23-13-21(14-27(39-4)29(23)32)34-9-12-40-18-28(34)36/h13-16,19-20,33H,5-12,17-18H2,1-4H3. The third-order valence-electron chi connectivity index (χ3n) is 7.34. The highest BCUT2D eigenvalue weighted by atomic mass is 35.5. The number of ether oxygens (including phenoxy) is 4. The Morgan fingerprint density at radius 3 is 2.66 bits per heavy atom. The third kappa shape index (κ3) is 7.12. The molecule has 2 aromatic rings. The zero-order valence-corrected chi connectivity index (χ0v) is 24.9. The van der Waals surface area contributed by atoms with Gasteiger partial charge in [-0.2, -0.15) is 0 Å². The quantitative estimate of drug-likeness (QED) is 0.384. The minimum atomic E-state index is -0.633. The van der Waals surface area contributed by atoms with Crippen LogP contribution in [-0.2, 0) is 14.3 Å². The van der Waals surface area contributed by atoms with Gasteiger partial charge in [0.15, 0.2) is 11.6 Å². The van der Waals surface area contributed by atoms with E-state index in [1.165, 1.54) is 18.1 Å². The molecule has 1 atom stereocenters. The van der Waals surface area contributed by atoms with Crippen LogP contribution in [0.15, 0.2) is 24.3 Å². The molecular weight excluding hydrogens is 553 g/mol. The summed E-state index contributed by atoms with van der Waals surface area (Å²) in [5.74, 6) is -0.819. The zero-order chi connectivity index (χ0) is 29.5. The smallest absolute Gasteiger partial charge is 0.256 e. The number of halogens is 2. The van der Waals surface area contributed by atoms with E-state index in [1.54, 1.807) is 25.3 Å². The Balaban J connectivity index is 1.81. The van der Waals surface area contributed by atoms with E-state index in [9.17, 15) is 9.59 Å². The minimum absolute atomic E-state index is 0.0301. The molecule has 0 spiro atoms. The maximum absolute atomic E-state index is 15.8. The summed E-state index contributed by atoms with van der Waals surface area (Å²) in [4.78, 5) is 29.9. The summed E-state index contributed by atoms with van der Waals surface area (Å²) in [6.07, 6.45) is 2.46. The largest absolute Gasteiger partial charge is 0.494 e. The lowest BCUT2D eigenvalue weighted by Crippen LogP contribution is -2.51. The molecule has 2 fully saturated rings. The predicted octanol–water partition coefficient (Wildman–Crippen LogP) is 4.54. The number of piperidine rings is 1. The van der Waals surface area contributed by atoms with Gasteiger partial charge in [-0.15, -0.1) is 0 Å². The van der Waals surface area contributed by atoms with Gasteiger partial charge in [-0.25, -0.2) is 4.39 Å². The van der Waals surface area contributed by atoms with Crippen molar-refractivity contribution in [1.82, 2.24) is 10.2 Å². The first-order valence-electron chi connectivity index (χ1n) is 14.0. The van der Waals surface area contributed by atoms with Gasteiger partial charge in [0.25, 0.3) is 11.8 Å². The van der Waals surface area contributed by atoms with Crippen molar-refractivity contribution in [3.63, 3.8) is 0 Å². The fraction of sp³-hybridized carbons (Fsp3) is 0.533. The van der Waals surface area contributed by atoms with E-state index < -0.39 is 5.82 Å². The van der Waals surface area contributed by atoms with E-state index in [0.29, 0.717) is 49.7 Å². The number of carbonyl (C=O) groups excluding carboxylic acids is 2. The summed E-state index contributed by atoms with van der Waals surface area (Å²) >= 11 is 6.78. The summed E-state index contributed by atoms with van der Waals surface area (Å²) in [5, 5.41) is 3.55. The molecular formula is C30H39ClFN3O6. The fourth-order valence-electron chi connectivity index (χ4n) is 5.34. The highest BCUT2D eigenvalue weighted by Gasteiger charge is 2.31. The third-order valence-corrected chi connectivity index (χ3v) is 7.65. The highest BCUT2D eigenvalue weighted by molar-refractivity contribution is 6.34.